The van der Waals surface area contributed by atoms with Crippen molar-refractivity contribution in [1.82, 2.24) is 5.32 Å². The van der Waals surface area contributed by atoms with Gasteiger partial charge in [0.25, 0.3) is 0 Å². The predicted molar refractivity (Wildman–Crippen MR) is 81.1 cm³/mol. The Balaban J connectivity index is 2.05. The van der Waals surface area contributed by atoms with Crippen molar-refractivity contribution in [2.24, 2.45) is 0 Å². The van der Waals surface area contributed by atoms with Crippen molar-refractivity contribution in [1.29, 1.82) is 0 Å². The summed E-state index contributed by atoms with van der Waals surface area (Å²) in [5.74, 6) is 0.714. The van der Waals surface area contributed by atoms with Gasteiger partial charge in [-0.25, -0.2) is 0 Å². The lowest BCUT2D eigenvalue weighted by Crippen LogP contribution is -2.18. The molecule has 0 heterocycles. The van der Waals surface area contributed by atoms with Gasteiger partial charge in [-0.3, -0.25) is 0 Å². The van der Waals surface area contributed by atoms with Gasteiger partial charge in [-0.15, -0.1) is 0 Å². The third kappa shape index (κ3) is 3.31. The maximum atomic E-state index is 10.1. The molecule has 3 nitrogen and oxygen atoms in total. The van der Waals surface area contributed by atoms with E-state index in [0.717, 1.165) is 5.56 Å². The monoisotopic (exact) mass is 271 g/mol. The second-order valence-corrected chi connectivity index (χ2v) is 4.98. The third-order valence-electron chi connectivity index (χ3n) is 3.44. The first-order valence-electron chi connectivity index (χ1n) is 6.76. The molecule has 0 aromatic heterocycles. The number of nitrogens with one attached hydrogen (secondary N) is 1. The van der Waals surface area contributed by atoms with Gasteiger partial charge < -0.3 is 15.2 Å². The molecular weight excluding hydrogens is 250 g/mol. The molecule has 2 aromatic carbocycles. The number of hydrogen-bond acceptors (Lipinski definition) is 3. The molecule has 2 rings (SSSR count). The van der Waals surface area contributed by atoms with Crippen LogP contribution in [-0.4, -0.2) is 12.2 Å². The van der Waals surface area contributed by atoms with Gasteiger partial charge in [-0.05, 0) is 25.5 Å². The minimum absolute atomic E-state index is 0.207. The molecule has 2 N–H and O–H groups in total. The minimum Gasteiger partial charge on any atom is -0.504 e. The summed E-state index contributed by atoms with van der Waals surface area (Å²) in [6, 6.07) is 14.2. The average Bonchev–Trinajstić information content (AvgIpc) is 2.46. The zero-order chi connectivity index (χ0) is 14.5. The highest BCUT2D eigenvalue weighted by Gasteiger charge is 2.09. The topological polar surface area (TPSA) is 41.5 Å². The fourth-order valence-corrected chi connectivity index (χ4v) is 2.20. The summed E-state index contributed by atoms with van der Waals surface area (Å²) in [5.41, 5.74) is 3.33. The molecule has 3 heteroatoms. The van der Waals surface area contributed by atoms with Crippen molar-refractivity contribution in [3.05, 3.63) is 59.2 Å². The van der Waals surface area contributed by atoms with Crippen molar-refractivity contribution in [2.75, 3.05) is 7.11 Å². The zero-order valence-corrected chi connectivity index (χ0v) is 12.2. The summed E-state index contributed by atoms with van der Waals surface area (Å²) in [7, 11) is 1.56. The molecule has 0 aliphatic carbocycles. The normalized spacial score (nSPS) is 12.2. The maximum Gasteiger partial charge on any atom is 0.162 e. The zero-order valence-electron chi connectivity index (χ0n) is 12.2. The molecule has 2 aromatic rings. The van der Waals surface area contributed by atoms with Crippen LogP contribution in [0.3, 0.4) is 0 Å². The fourth-order valence-electron chi connectivity index (χ4n) is 2.20. The van der Waals surface area contributed by atoms with Gasteiger partial charge in [0.15, 0.2) is 11.5 Å². The first-order chi connectivity index (χ1) is 9.61. The van der Waals surface area contributed by atoms with E-state index in [1.807, 2.05) is 12.1 Å². The molecule has 1 atom stereocenters. The highest BCUT2D eigenvalue weighted by Crippen LogP contribution is 2.29. The van der Waals surface area contributed by atoms with Crippen LogP contribution >= 0.6 is 0 Å². The van der Waals surface area contributed by atoms with E-state index >= 15 is 0 Å². The summed E-state index contributed by atoms with van der Waals surface area (Å²) in [6.07, 6.45) is 0. The number of benzene rings is 2. The first-order valence-corrected chi connectivity index (χ1v) is 6.76. The second-order valence-electron chi connectivity index (χ2n) is 4.98. The molecule has 0 saturated heterocycles. The molecule has 106 valence electrons. The van der Waals surface area contributed by atoms with Crippen molar-refractivity contribution in [3.8, 4) is 11.5 Å². The Labute approximate surface area is 120 Å². The summed E-state index contributed by atoms with van der Waals surface area (Å²) in [6.45, 7) is 4.80. The SMILES string of the molecule is COc1cccc(CN[C@@H](C)c2cccc(C)c2)c1O. The Bertz CT molecular complexity index is 581. The Morgan fingerprint density at radius 2 is 1.95 bits per heavy atom. The molecule has 0 aliphatic heterocycles. The molecule has 0 fully saturated rings. The van der Waals surface area contributed by atoms with E-state index < -0.39 is 0 Å². The highest BCUT2D eigenvalue weighted by atomic mass is 16.5. The number of hydrogen-bond donors (Lipinski definition) is 2. The Morgan fingerprint density at radius 3 is 2.65 bits per heavy atom. The third-order valence-corrected chi connectivity index (χ3v) is 3.44. The van der Waals surface area contributed by atoms with Gasteiger partial charge in [0, 0.05) is 18.2 Å². The number of methoxy groups -OCH3 is 1. The van der Waals surface area contributed by atoms with E-state index in [0.29, 0.717) is 12.3 Å². The standard InChI is InChI=1S/C17H21NO2/c1-12-6-4-7-14(10-12)13(2)18-11-15-8-5-9-16(20-3)17(15)19/h4-10,13,18-19H,11H2,1-3H3/t13-/m0/s1. The van der Waals surface area contributed by atoms with Gasteiger partial charge in [-0.2, -0.15) is 0 Å². The quantitative estimate of drug-likeness (QED) is 0.873. The molecule has 0 aliphatic rings. The Hall–Kier alpha value is -2.00. The number of phenolic OH excluding ortho intramolecular Hbond substituents is 1. The molecule has 0 radical (unpaired) electrons. The van der Waals surface area contributed by atoms with Crippen LogP contribution < -0.4 is 10.1 Å². The summed E-state index contributed by atoms with van der Waals surface area (Å²) < 4.78 is 5.12. The largest absolute Gasteiger partial charge is 0.504 e. The summed E-state index contributed by atoms with van der Waals surface area (Å²) in [4.78, 5) is 0. The lowest BCUT2D eigenvalue weighted by atomic mass is 10.1. The van der Waals surface area contributed by atoms with E-state index in [9.17, 15) is 5.11 Å². The molecule has 0 saturated carbocycles. The van der Waals surface area contributed by atoms with Gasteiger partial charge in [0.05, 0.1) is 7.11 Å². The van der Waals surface area contributed by atoms with E-state index in [4.69, 9.17) is 4.74 Å². The average molecular weight is 271 g/mol. The first kappa shape index (κ1) is 14.4. The maximum absolute atomic E-state index is 10.1. The van der Waals surface area contributed by atoms with E-state index in [1.165, 1.54) is 11.1 Å². The number of ether oxygens (including phenoxy) is 1. The van der Waals surface area contributed by atoms with Crippen molar-refractivity contribution >= 4 is 0 Å². The van der Waals surface area contributed by atoms with E-state index in [-0.39, 0.29) is 11.8 Å². The van der Waals surface area contributed by atoms with Gasteiger partial charge >= 0.3 is 0 Å². The fraction of sp³-hybridized carbons (Fsp3) is 0.294. The number of aromatic hydroxyl groups is 1. The van der Waals surface area contributed by atoms with Gasteiger partial charge in [-0.1, -0.05) is 42.0 Å². The minimum atomic E-state index is 0.207. The van der Waals surface area contributed by atoms with Crippen LogP contribution in [0.1, 0.15) is 29.7 Å². The predicted octanol–water partition coefficient (Wildman–Crippen LogP) is 3.56. The molecule has 20 heavy (non-hydrogen) atoms. The van der Waals surface area contributed by atoms with Gasteiger partial charge in [0.2, 0.25) is 0 Å². The molecule has 0 amide bonds. The number of phenols is 1. The van der Waals surface area contributed by atoms with Crippen LogP contribution in [0.25, 0.3) is 0 Å². The van der Waals surface area contributed by atoms with Crippen molar-refractivity contribution < 1.29 is 9.84 Å². The number of rotatable bonds is 5. The Morgan fingerprint density at radius 1 is 1.20 bits per heavy atom. The Kier molecular flexibility index (Phi) is 4.64. The van der Waals surface area contributed by atoms with E-state index in [1.54, 1.807) is 13.2 Å². The summed E-state index contributed by atoms with van der Waals surface area (Å²) >= 11 is 0. The lowest BCUT2D eigenvalue weighted by Gasteiger charge is -2.16. The number of aryl methyl sites for hydroxylation is 1. The smallest absolute Gasteiger partial charge is 0.162 e. The van der Waals surface area contributed by atoms with E-state index in [2.05, 4.69) is 43.4 Å². The summed E-state index contributed by atoms with van der Waals surface area (Å²) in [5, 5.41) is 13.5. The molecule has 0 bridgehead atoms. The highest BCUT2D eigenvalue weighted by molar-refractivity contribution is 5.45. The van der Waals surface area contributed by atoms with Crippen molar-refractivity contribution in [2.45, 2.75) is 26.4 Å². The second kappa shape index (κ2) is 6.44. The van der Waals surface area contributed by atoms with Crippen LogP contribution in [0.2, 0.25) is 0 Å². The van der Waals surface area contributed by atoms with Crippen LogP contribution in [0.15, 0.2) is 42.5 Å². The molecule has 0 unspecified atom stereocenters. The van der Waals surface area contributed by atoms with Crippen LogP contribution in [0.4, 0.5) is 0 Å². The van der Waals surface area contributed by atoms with Gasteiger partial charge in [0.1, 0.15) is 0 Å². The molecular formula is C17H21NO2. The molecule has 0 spiro atoms. The van der Waals surface area contributed by atoms with Crippen molar-refractivity contribution in [3.63, 3.8) is 0 Å². The van der Waals surface area contributed by atoms with Crippen LogP contribution in [-0.2, 0) is 6.54 Å². The van der Waals surface area contributed by atoms with Crippen LogP contribution in [0.5, 0.6) is 11.5 Å². The lowest BCUT2D eigenvalue weighted by molar-refractivity contribution is 0.369. The van der Waals surface area contributed by atoms with Crippen LogP contribution in [0, 0.1) is 6.92 Å². The number of para-hydroxylation sites is 1.